The summed E-state index contributed by atoms with van der Waals surface area (Å²) in [5, 5.41) is 3.04. The van der Waals surface area contributed by atoms with E-state index in [9.17, 15) is 9.18 Å². The Morgan fingerprint density at radius 3 is 2.86 bits per heavy atom. The van der Waals surface area contributed by atoms with E-state index in [1.54, 1.807) is 12.1 Å². The van der Waals surface area contributed by atoms with Crippen LogP contribution in [0, 0.1) is 5.82 Å². The van der Waals surface area contributed by atoms with Gasteiger partial charge in [-0.15, -0.1) is 24.8 Å². The van der Waals surface area contributed by atoms with Crippen LogP contribution in [0.4, 0.5) is 10.1 Å². The van der Waals surface area contributed by atoms with Gasteiger partial charge in [0, 0.05) is 31.2 Å². The summed E-state index contributed by atoms with van der Waals surface area (Å²) in [5.74, 6) is -0.168. The fourth-order valence-electron chi connectivity index (χ4n) is 2.56. The Kier molecular flexibility index (Phi) is 10.1. The number of nitrogens with two attached hydrogens (primary N) is 1. The summed E-state index contributed by atoms with van der Waals surface area (Å²) in [6.45, 7) is 2.17. The molecule has 1 saturated heterocycles. The van der Waals surface area contributed by atoms with Crippen molar-refractivity contribution in [1.82, 2.24) is 5.32 Å². The normalized spacial score (nSPS) is 17.2. The predicted molar refractivity (Wildman–Crippen MR) is 92.6 cm³/mol. The van der Waals surface area contributed by atoms with Gasteiger partial charge in [-0.1, -0.05) is 6.07 Å². The monoisotopic (exact) mass is 351 g/mol. The number of carbonyl (C=O) groups is 1. The molecular weight excluding hydrogens is 328 g/mol. The molecular formula is C15H24Cl2FN3O. The fraction of sp³-hybridized carbons (Fsp3) is 0.533. The topological polar surface area (TPSA) is 58.4 Å². The number of nitrogens with one attached hydrogen (secondary N) is 1. The van der Waals surface area contributed by atoms with Gasteiger partial charge >= 0.3 is 0 Å². The van der Waals surface area contributed by atoms with E-state index in [0.717, 1.165) is 31.6 Å². The molecule has 0 saturated carbocycles. The molecule has 0 aromatic heterocycles. The molecule has 2 rings (SSSR count). The number of hydrogen-bond donors (Lipinski definition) is 2. The first kappa shape index (κ1) is 21.0. The van der Waals surface area contributed by atoms with Crippen LogP contribution in [0.25, 0.3) is 0 Å². The van der Waals surface area contributed by atoms with Gasteiger partial charge in [0.05, 0.1) is 0 Å². The van der Waals surface area contributed by atoms with Crippen LogP contribution in [0.5, 0.6) is 0 Å². The number of carbonyl (C=O) groups excluding carboxylic acids is 1. The molecule has 1 heterocycles. The van der Waals surface area contributed by atoms with Crippen LogP contribution in [0.15, 0.2) is 24.3 Å². The Morgan fingerprint density at radius 2 is 2.18 bits per heavy atom. The lowest BCUT2D eigenvalue weighted by molar-refractivity contribution is -0.121. The molecule has 1 fully saturated rings. The SMILES string of the molecule is Cl.Cl.NCCCC(=O)NC1CCCN(c2cccc(F)c2)C1. The number of hydrogen-bond acceptors (Lipinski definition) is 3. The van der Waals surface area contributed by atoms with Crippen molar-refractivity contribution in [3.63, 3.8) is 0 Å². The molecule has 7 heteroatoms. The highest BCUT2D eigenvalue weighted by atomic mass is 35.5. The summed E-state index contributed by atoms with van der Waals surface area (Å²) < 4.78 is 13.3. The van der Waals surface area contributed by atoms with Crippen LogP contribution >= 0.6 is 24.8 Å². The predicted octanol–water partition coefficient (Wildman–Crippen LogP) is 2.49. The average Bonchev–Trinajstić information content (AvgIpc) is 2.45. The lowest BCUT2D eigenvalue weighted by Gasteiger charge is -2.34. The molecule has 1 atom stereocenters. The summed E-state index contributed by atoms with van der Waals surface area (Å²) in [7, 11) is 0. The second-order valence-corrected chi connectivity index (χ2v) is 5.22. The number of amides is 1. The number of nitrogens with zero attached hydrogens (tertiary/aromatic N) is 1. The van der Waals surface area contributed by atoms with Gasteiger partial charge in [-0.05, 0) is 44.0 Å². The molecule has 0 bridgehead atoms. The van der Waals surface area contributed by atoms with E-state index in [1.807, 2.05) is 6.07 Å². The minimum atomic E-state index is -0.225. The van der Waals surface area contributed by atoms with Crippen molar-refractivity contribution < 1.29 is 9.18 Å². The van der Waals surface area contributed by atoms with Gasteiger partial charge in [-0.25, -0.2) is 4.39 Å². The van der Waals surface area contributed by atoms with E-state index in [4.69, 9.17) is 5.73 Å². The first-order chi connectivity index (χ1) is 9.69. The first-order valence-electron chi connectivity index (χ1n) is 7.19. The number of rotatable bonds is 5. The molecule has 1 aliphatic rings. The second-order valence-electron chi connectivity index (χ2n) is 5.22. The zero-order valence-corrected chi connectivity index (χ0v) is 14.1. The minimum Gasteiger partial charge on any atom is -0.369 e. The quantitative estimate of drug-likeness (QED) is 0.856. The molecule has 4 nitrogen and oxygen atoms in total. The highest BCUT2D eigenvalue weighted by Crippen LogP contribution is 2.20. The number of halogens is 3. The van der Waals surface area contributed by atoms with Gasteiger partial charge in [-0.2, -0.15) is 0 Å². The molecule has 0 spiro atoms. The van der Waals surface area contributed by atoms with E-state index in [-0.39, 0.29) is 42.6 Å². The van der Waals surface area contributed by atoms with Gasteiger partial charge in [0.1, 0.15) is 5.82 Å². The Morgan fingerprint density at radius 1 is 1.41 bits per heavy atom. The molecule has 3 N–H and O–H groups in total. The maximum absolute atomic E-state index is 13.3. The highest BCUT2D eigenvalue weighted by molar-refractivity contribution is 5.85. The van der Waals surface area contributed by atoms with Crippen LogP contribution in [-0.4, -0.2) is 31.6 Å². The van der Waals surface area contributed by atoms with Gasteiger partial charge in [0.25, 0.3) is 0 Å². The van der Waals surface area contributed by atoms with E-state index in [0.29, 0.717) is 19.4 Å². The van der Waals surface area contributed by atoms with Gasteiger partial charge in [-0.3, -0.25) is 4.79 Å². The molecule has 22 heavy (non-hydrogen) atoms. The average molecular weight is 352 g/mol. The van der Waals surface area contributed by atoms with Crippen LogP contribution in [0.1, 0.15) is 25.7 Å². The Balaban J connectivity index is 0.00000220. The molecule has 0 radical (unpaired) electrons. The molecule has 1 amide bonds. The third-order valence-electron chi connectivity index (χ3n) is 3.57. The first-order valence-corrected chi connectivity index (χ1v) is 7.19. The smallest absolute Gasteiger partial charge is 0.220 e. The van der Waals surface area contributed by atoms with E-state index in [1.165, 1.54) is 6.07 Å². The van der Waals surface area contributed by atoms with Crippen molar-refractivity contribution in [3.05, 3.63) is 30.1 Å². The number of anilines is 1. The number of benzene rings is 1. The lowest BCUT2D eigenvalue weighted by Crippen LogP contribution is -2.47. The maximum Gasteiger partial charge on any atom is 0.220 e. The Labute approximate surface area is 143 Å². The van der Waals surface area contributed by atoms with Crippen molar-refractivity contribution in [2.24, 2.45) is 5.73 Å². The van der Waals surface area contributed by atoms with Crippen molar-refractivity contribution in [1.29, 1.82) is 0 Å². The Hall–Kier alpha value is -1.04. The van der Waals surface area contributed by atoms with Crippen molar-refractivity contribution in [2.75, 3.05) is 24.5 Å². The summed E-state index contributed by atoms with van der Waals surface area (Å²) in [6, 6.07) is 6.74. The van der Waals surface area contributed by atoms with Gasteiger partial charge in [0.15, 0.2) is 0 Å². The van der Waals surface area contributed by atoms with Crippen LogP contribution in [-0.2, 0) is 4.79 Å². The zero-order chi connectivity index (χ0) is 14.4. The molecule has 126 valence electrons. The van der Waals surface area contributed by atoms with Crippen LogP contribution in [0.3, 0.4) is 0 Å². The van der Waals surface area contributed by atoms with Gasteiger partial charge < -0.3 is 16.0 Å². The molecule has 0 aliphatic carbocycles. The minimum absolute atomic E-state index is 0. The van der Waals surface area contributed by atoms with Gasteiger partial charge in [0.2, 0.25) is 5.91 Å². The van der Waals surface area contributed by atoms with E-state index < -0.39 is 0 Å². The molecule has 1 unspecified atom stereocenters. The summed E-state index contributed by atoms with van der Waals surface area (Å²) in [4.78, 5) is 13.8. The van der Waals surface area contributed by atoms with E-state index in [2.05, 4.69) is 10.2 Å². The number of piperidine rings is 1. The fourth-order valence-corrected chi connectivity index (χ4v) is 2.56. The summed E-state index contributed by atoms with van der Waals surface area (Å²) >= 11 is 0. The largest absolute Gasteiger partial charge is 0.369 e. The third-order valence-corrected chi connectivity index (χ3v) is 3.57. The molecule has 1 aromatic rings. The Bertz CT molecular complexity index is 462. The summed E-state index contributed by atoms with van der Waals surface area (Å²) in [6.07, 6.45) is 3.16. The van der Waals surface area contributed by atoms with Crippen molar-refractivity contribution in [3.8, 4) is 0 Å². The lowest BCUT2D eigenvalue weighted by atomic mass is 10.0. The highest BCUT2D eigenvalue weighted by Gasteiger charge is 2.21. The summed E-state index contributed by atoms with van der Waals surface area (Å²) in [5.41, 5.74) is 6.28. The molecule has 1 aromatic carbocycles. The van der Waals surface area contributed by atoms with Crippen LogP contribution in [0.2, 0.25) is 0 Å². The third kappa shape index (κ3) is 6.38. The second kappa shape index (κ2) is 10.6. The van der Waals surface area contributed by atoms with Crippen LogP contribution < -0.4 is 16.0 Å². The van der Waals surface area contributed by atoms with Crippen molar-refractivity contribution >= 4 is 36.4 Å². The zero-order valence-electron chi connectivity index (χ0n) is 12.5. The van der Waals surface area contributed by atoms with Crippen molar-refractivity contribution in [2.45, 2.75) is 31.7 Å². The molecule has 1 aliphatic heterocycles. The maximum atomic E-state index is 13.3. The standard InChI is InChI=1S/C15H22FN3O.2ClH/c16-12-4-1-6-14(10-12)19-9-3-5-13(11-19)18-15(20)7-2-8-17;;/h1,4,6,10,13H,2-3,5,7-9,11,17H2,(H,18,20);2*1H. The van der Waals surface area contributed by atoms with E-state index >= 15 is 0 Å².